The lowest BCUT2D eigenvalue weighted by Gasteiger charge is -2.34. The molecule has 2 fully saturated rings. The highest BCUT2D eigenvalue weighted by Gasteiger charge is 2.39. The highest BCUT2D eigenvalue weighted by atomic mass is 16.6. The number of nitrogens with zero attached hydrogens (tertiary/aromatic N) is 3. The molecule has 4 amide bonds. The summed E-state index contributed by atoms with van der Waals surface area (Å²) < 4.78 is 5.45. The number of imide groups is 1. The molecule has 2 N–H and O–H groups in total. The van der Waals surface area contributed by atoms with E-state index in [1.807, 2.05) is 48.5 Å². The Labute approximate surface area is 228 Å². The van der Waals surface area contributed by atoms with Gasteiger partial charge in [0, 0.05) is 56.9 Å². The van der Waals surface area contributed by atoms with E-state index in [-0.39, 0.29) is 24.3 Å². The Balaban J connectivity index is 0.985. The second-order valence-electron chi connectivity index (χ2n) is 10.3. The summed E-state index contributed by atoms with van der Waals surface area (Å²) in [5.74, 6) is -0.834. The largest absolute Gasteiger partial charge is 0.445 e. The number of fused-ring (bicyclic) bond motifs is 1. The van der Waals surface area contributed by atoms with Crippen LogP contribution < -0.4 is 10.6 Å². The van der Waals surface area contributed by atoms with Gasteiger partial charge in [-0.15, -0.1) is 0 Å². The average molecular weight is 534 g/mol. The van der Waals surface area contributed by atoms with Crippen LogP contribution in [0.1, 0.15) is 47.2 Å². The standard InChI is InChI=1S/C29H35N5O5/c35-26-11-10-25(27(36)31-26)34-19-22-18-23(8-9-24(22)28(34)37)30-12-4-5-13-32-14-16-33(17-15-32)29(38)39-20-21-6-2-1-3-7-21/h1-3,6-9,18,25,30H,4-5,10-17,19-20H2,(H,31,35,36). The van der Waals surface area contributed by atoms with E-state index >= 15 is 0 Å². The molecule has 3 heterocycles. The predicted octanol–water partition coefficient (Wildman–Crippen LogP) is 2.59. The summed E-state index contributed by atoms with van der Waals surface area (Å²) in [5.41, 5.74) is 3.46. The summed E-state index contributed by atoms with van der Waals surface area (Å²) in [6.07, 6.45) is 2.40. The van der Waals surface area contributed by atoms with E-state index in [1.54, 1.807) is 9.80 Å². The number of anilines is 1. The number of amides is 4. The summed E-state index contributed by atoms with van der Waals surface area (Å²) in [4.78, 5) is 54.6. The van der Waals surface area contributed by atoms with Gasteiger partial charge in [0.15, 0.2) is 0 Å². The van der Waals surface area contributed by atoms with Crippen molar-refractivity contribution < 1.29 is 23.9 Å². The second-order valence-corrected chi connectivity index (χ2v) is 10.3. The van der Waals surface area contributed by atoms with E-state index in [1.165, 1.54) is 0 Å². The maximum Gasteiger partial charge on any atom is 0.410 e. The number of carbonyl (C=O) groups excluding carboxylic acids is 4. The third-order valence-corrected chi connectivity index (χ3v) is 7.59. The van der Waals surface area contributed by atoms with E-state index in [4.69, 9.17) is 4.74 Å². The molecule has 2 saturated heterocycles. The van der Waals surface area contributed by atoms with Gasteiger partial charge in [-0.1, -0.05) is 30.3 Å². The van der Waals surface area contributed by atoms with Crippen LogP contribution >= 0.6 is 0 Å². The molecule has 3 aliphatic rings. The lowest BCUT2D eigenvalue weighted by atomic mass is 10.0. The van der Waals surface area contributed by atoms with Crippen LogP contribution in [0, 0.1) is 0 Å². The molecule has 1 unspecified atom stereocenters. The number of nitrogens with one attached hydrogen (secondary N) is 2. The fourth-order valence-electron chi connectivity index (χ4n) is 5.34. The first-order chi connectivity index (χ1) is 19.0. The van der Waals surface area contributed by atoms with Crippen molar-refractivity contribution >= 4 is 29.5 Å². The molecule has 206 valence electrons. The lowest BCUT2D eigenvalue weighted by Crippen LogP contribution is -2.52. The van der Waals surface area contributed by atoms with Crippen LogP contribution in [0.2, 0.25) is 0 Å². The van der Waals surface area contributed by atoms with Crippen molar-refractivity contribution in [1.29, 1.82) is 0 Å². The Morgan fingerprint density at radius 3 is 2.56 bits per heavy atom. The normalized spacial score (nSPS) is 19.6. The maximum atomic E-state index is 12.8. The first-order valence-corrected chi connectivity index (χ1v) is 13.7. The number of benzene rings is 2. The van der Waals surface area contributed by atoms with Gasteiger partial charge >= 0.3 is 6.09 Å². The molecule has 0 spiro atoms. The van der Waals surface area contributed by atoms with Crippen molar-refractivity contribution in [2.75, 3.05) is 44.6 Å². The minimum absolute atomic E-state index is 0.157. The molecule has 10 nitrogen and oxygen atoms in total. The van der Waals surface area contributed by atoms with Crippen LogP contribution in [-0.2, 0) is 27.5 Å². The molecule has 2 aromatic rings. The van der Waals surface area contributed by atoms with Gasteiger partial charge in [-0.2, -0.15) is 0 Å². The first kappa shape index (κ1) is 26.7. The third kappa shape index (κ3) is 6.57. The predicted molar refractivity (Wildman–Crippen MR) is 145 cm³/mol. The van der Waals surface area contributed by atoms with Gasteiger partial charge in [-0.25, -0.2) is 4.79 Å². The number of piperidine rings is 1. The number of rotatable bonds is 9. The van der Waals surface area contributed by atoms with Gasteiger partial charge < -0.3 is 19.9 Å². The molecule has 0 bridgehead atoms. The minimum Gasteiger partial charge on any atom is -0.445 e. The Morgan fingerprint density at radius 2 is 1.79 bits per heavy atom. The van der Waals surface area contributed by atoms with Gasteiger partial charge in [0.05, 0.1) is 0 Å². The number of hydrogen-bond donors (Lipinski definition) is 2. The number of unbranched alkanes of at least 4 members (excludes halogenated alkanes) is 1. The topological polar surface area (TPSA) is 111 Å². The Kier molecular flexibility index (Phi) is 8.41. The summed E-state index contributed by atoms with van der Waals surface area (Å²) in [6.45, 7) is 5.51. The fraction of sp³-hybridized carbons (Fsp3) is 0.448. The Bertz CT molecular complexity index is 1210. The van der Waals surface area contributed by atoms with Gasteiger partial charge in [0.1, 0.15) is 12.6 Å². The SMILES string of the molecule is O=C1CCC(N2Cc3cc(NCCCCN4CCN(C(=O)OCc5ccccc5)CC4)ccc3C2=O)C(=O)N1. The zero-order valence-corrected chi connectivity index (χ0v) is 22.1. The minimum atomic E-state index is -0.596. The highest BCUT2D eigenvalue weighted by Crippen LogP contribution is 2.29. The molecule has 0 saturated carbocycles. The monoisotopic (exact) mass is 533 g/mol. The van der Waals surface area contributed by atoms with Gasteiger partial charge in [0.25, 0.3) is 5.91 Å². The van der Waals surface area contributed by atoms with Crippen LogP contribution in [-0.4, -0.2) is 83.8 Å². The molecule has 0 radical (unpaired) electrons. The van der Waals surface area contributed by atoms with Gasteiger partial charge in [0.2, 0.25) is 11.8 Å². The zero-order chi connectivity index (χ0) is 27.2. The summed E-state index contributed by atoms with van der Waals surface area (Å²) in [7, 11) is 0. The molecule has 2 aromatic carbocycles. The molecule has 1 atom stereocenters. The van der Waals surface area contributed by atoms with Crippen LogP contribution in [0.4, 0.5) is 10.5 Å². The molecular weight excluding hydrogens is 498 g/mol. The van der Waals surface area contributed by atoms with Crippen molar-refractivity contribution in [3.63, 3.8) is 0 Å². The van der Waals surface area contributed by atoms with Crippen molar-refractivity contribution in [3.8, 4) is 0 Å². The van der Waals surface area contributed by atoms with Crippen LogP contribution in [0.3, 0.4) is 0 Å². The van der Waals surface area contributed by atoms with Crippen molar-refractivity contribution in [1.82, 2.24) is 20.0 Å². The summed E-state index contributed by atoms with van der Waals surface area (Å²) in [6, 6.07) is 14.8. The van der Waals surface area contributed by atoms with E-state index < -0.39 is 11.9 Å². The highest BCUT2D eigenvalue weighted by molar-refractivity contribution is 6.05. The fourth-order valence-corrected chi connectivity index (χ4v) is 5.34. The average Bonchev–Trinajstić information content (AvgIpc) is 3.27. The molecule has 39 heavy (non-hydrogen) atoms. The summed E-state index contributed by atoms with van der Waals surface area (Å²) >= 11 is 0. The van der Waals surface area contributed by atoms with Crippen molar-refractivity contribution in [2.45, 2.75) is 44.9 Å². The van der Waals surface area contributed by atoms with E-state index in [2.05, 4.69) is 15.5 Å². The molecule has 0 aliphatic carbocycles. The maximum absolute atomic E-state index is 12.8. The molecular formula is C29H35N5O5. The van der Waals surface area contributed by atoms with Crippen molar-refractivity contribution in [3.05, 3.63) is 65.2 Å². The third-order valence-electron chi connectivity index (χ3n) is 7.59. The smallest absolute Gasteiger partial charge is 0.410 e. The van der Waals surface area contributed by atoms with Crippen LogP contribution in [0.25, 0.3) is 0 Å². The number of ether oxygens (including phenoxy) is 1. The zero-order valence-electron chi connectivity index (χ0n) is 22.1. The van der Waals surface area contributed by atoms with Gasteiger partial charge in [-0.05, 0) is 55.1 Å². The first-order valence-electron chi connectivity index (χ1n) is 13.7. The summed E-state index contributed by atoms with van der Waals surface area (Å²) in [5, 5.41) is 5.78. The lowest BCUT2D eigenvalue weighted by molar-refractivity contribution is -0.136. The second kappa shape index (κ2) is 12.3. The van der Waals surface area contributed by atoms with E-state index in [0.717, 1.165) is 55.8 Å². The Hall–Kier alpha value is -3.92. The number of carbonyl (C=O) groups is 4. The van der Waals surface area contributed by atoms with E-state index in [9.17, 15) is 19.2 Å². The van der Waals surface area contributed by atoms with E-state index in [0.29, 0.717) is 38.2 Å². The van der Waals surface area contributed by atoms with Gasteiger partial charge in [-0.3, -0.25) is 24.6 Å². The quantitative estimate of drug-likeness (QED) is 0.377. The number of hydrogen-bond acceptors (Lipinski definition) is 7. The molecule has 3 aliphatic heterocycles. The van der Waals surface area contributed by atoms with Crippen LogP contribution in [0.15, 0.2) is 48.5 Å². The van der Waals surface area contributed by atoms with Crippen molar-refractivity contribution in [2.24, 2.45) is 0 Å². The van der Waals surface area contributed by atoms with Crippen LogP contribution in [0.5, 0.6) is 0 Å². The molecule has 10 heteroatoms. The molecule has 5 rings (SSSR count). The number of piperazine rings is 1. The Morgan fingerprint density at radius 1 is 1.00 bits per heavy atom. The molecule has 0 aromatic heterocycles.